The summed E-state index contributed by atoms with van der Waals surface area (Å²) in [6, 6.07) is 6.89. The molecule has 1 aromatic carbocycles. The Morgan fingerprint density at radius 3 is 2.26 bits per heavy atom. The van der Waals surface area contributed by atoms with Crippen LogP contribution in [0.25, 0.3) is 0 Å². The number of benzene rings is 1. The van der Waals surface area contributed by atoms with Crippen molar-refractivity contribution in [2.45, 2.75) is 12.8 Å². The van der Waals surface area contributed by atoms with E-state index in [4.69, 9.17) is 5.73 Å². The van der Waals surface area contributed by atoms with Crippen molar-refractivity contribution in [2.75, 3.05) is 26.0 Å². The molecule has 0 aliphatic heterocycles. The van der Waals surface area contributed by atoms with Gasteiger partial charge in [-0.3, -0.25) is 9.59 Å². The lowest BCUT2D eigenvalue weighted by Crippen LogP contribution is -2.30. The number of carbonyl (C=O) groups excluding carboxylic acids is 2. The normalized spacial score (nSPS) is 15.7. The van der Waals surface area contributed by atoms with Gasteiger partial charge in [0.1, 0.15) is 0 Å². The maximum absolute atomic E-state index is 12.0. The van der Waals surface area contributed by atoms with Gasteiger partial charge in [0.05, 0.1) is 5.41 Å². The molecule has 2 rings (SSSR count). The number of carbonyl (C=O) groups is 2. The molecule has 0 bridgehead atoms. The summed E-state index contributed by atoms with van der Waals surface area (Å²) in [6.45, 7) is 0.385. The van der Waals surface area contributed by atoms with E-state index < -0.39 is 0 Å². The SMILES string of the molecule is CN(C)C(=O)c1ccc(NC(=O)C2(CN)CC2)cc1. The third kappa shape index (κ3) is 2.76. The van der Waals surface area contributed by atoms with Gasteiger partial charge < -0.3 is 16.0 Å². The van der Waals surface area contributed by atoms with Crippen molar-refractivity contribution < 1.29 is 9.59 Å². The number of amides is 2. The summed E-state index contributed by atoms with van der Waals surface area (Å²) >= 11 is 0. The number of hydrogen-bond acceptors (Lipinski definition) is 3. The maximum atomic E-state index is 12.0. The molecule has 1 aliphatic rings. The largest absolute Gasteiger partial charge is 0.345 e. The lowest BCUT2D eigenvalue weighted by Gasteiger charge is -2.14. The van der Waals surface area contributed by atoms with Crippen molar-refractivity contribution in [3.63, 3.8) is 0 Å². The zero-order chi connectivity index (χ0) is 14.0. The van der Waals surface area contributed by atoms with Crippen molar-refractivity contribution in [1.82, 2.24) is 4.90 Å². The summed E-state index contributed by atoms with van der Waals surface area (Å²) in [4.78, 5) is 25.2. The fourth-order valence-electron chi connectivity index (χ4n) is 1.89. The Labute approximate surface area is 112 Å². The van der Waals surface area contributed by atoms with Crippen LogP contribution in [0.15, 0.2) is 24.3 Å². The van der Waals surface area contributed by atoms with Gasteiger partial charge in [-0.2, -0.15) is 0 Å². The molecule has 0 atom stereocenters. The second-order valence-corrected chi connectivity index (χ2v) is 5.22. The minimum atomic E-state index is -0.363. The molecule has 0 spiro atoms. The van der Waals surface area contributed by atoms with Gasteiger partial charge in [-0.25, -0.2) is 0 Å². The van der Waals surface area contributed by atoms with Crippen molar-refractivity contribution >= 4 is 17.5 Å². The zero-order valence-electron chi connectivity index (χ0n) is 11.3. The summed E-state index contributed by atoms with van der Waals surface area (Å²) in [5.74, 6) is -0.0832. The van der Waals surface area contributed by atoms with E-state index in [0.29, 0.717) is 17.8 Å². The second kappa shape index (κ2) is 5.01. The van der Waals surface area contributed by atoms with Crippen LogP contribution in [0.1, 0.15) is 23.2 Å². The highest BCUT2D eigenvalue weighted by molar-refractivity contribution is 5.98. The minimum Gasteiger partial charge on any atom is -0.345 e. The van der Waals surface area contributed by atoms with Gasteiger partial charge in [0.25, 0.3) is 5.91 Å². The van der Waals surface area contributed by atoms with E-state index in [1.54, 1.807) is 38.4 Å². The summed E-state index contributed by atoms with van der Waals surface area (Å²) < 4.78 is 0. The molecule has 1 aliphatic carbocycles. The molecule has 19 heavy (non-hydrogen) atoms. The lowest BCUT2D eigenvalue weighted by atomic mass is 10.1. The number of nitrogens with one attached hydrogen (secondary N) is 1. The van der Waals surface area contributed by atoms with E-state index in [1.165, 1.54) is 4.90 Å². The van der Waals surface area contributed by atoms with Crippen molar-refractivity contribution in [3.8, 4) is 0 Å². The van der Waals surface area contributed by atoms with E-state index in [0.717, 1.165) is 12.8 Å². The molecule has 0 aromatic heterocycles. The Bertz CT molecular complexity index is 490. The topological polar surface area (TPSA) is 75.4 Å². The number of hydrogen-bond donors (Lipinski definition) is 2. The first-order chi connectivity index (χ1) is 8.98. The average Bonchev–Trinajstić information content (AvgIpc) is 3.19. The van der Waals surface area contributed by atoms with Gasteiger partial charge in [-0.05, 0) is 37.1 Å². The third-order valence-corrected chi connectivity index (χ3v) is 3.52. The summed E-state index contributed by atoms with van der Waals surface area (Å²) in [5, 5.41) is 2.85. The van der Waals surface area contributed by atoms with Crippen LogP contribution in [-0.4, -0.2) is 37.4 Å². The predicted octanol–water partition coefficient (Wildman–Crippen LogP) is 1.07. The summed E-state index contributed by atoms with van der Waals surface area (Å²) in [5.41, 5.74) is 6.54. The molecular formula is C14H19N3O2. The molecule has 0 saturated heterocycles. The van der Waals surface area contributed by atoms with Crippen molar-refractivity contribution in [3.05, 3.63) is 29.8 Å². The highest BCUT2D eigenvalue weighted by atomic mass is 16.2. The molecular weight excluding hydrogens is 242 g/mol. The minimum absolute atomic E-state index is 0.0262. The molecule has 3 N–H and O–H groups in total. The number of nitrogens with zero attached hydrogens (tertiary/aromatic N) is 1. The van der Waals surface area contributed by atoms with Crippen LogP contribution in [0.2, 0.25) is 0 Å². The Morgan fingerprint density at radius 1 is 1.26 bits per heavy atom. The average molecular weight is 261 g/mol. The monoisotopic (exact) mass is 261 g/mol. The van der Waals surface area contributed by atoms with E-state index >= 15 is 0 Å². The van der Waals surface area contributed by atoms with Crippen LogP contribution in [0.5, 0.6) is 0 Å². The smallest absolute Gasteiger partial charge is 0.253 e. The molecule has 1 aromatic rings. The molecule has 102 valence electrons. The van der Waals surface area contributed by atoms with Crippen LogP contribution in [0.3, 0.4) is 0 Å². The standard InChI is InChI=1S/C14H19N3O2/c1-17(2)12(18)10-3-5-11(6-4-10)16-13(19)14(9-15)7-8-14/h3-6H,7-9,15H2,1-2H3,(H,16,19). The highest BCUT2D eigenvalue weighted by Crippen LogP contribution is 2.45. The molecule has 0 radical (unpaired) electrons. The van der Waals surface area contributed by atoms with Gasteiger partial charge in [-0.1, -0.05) is 0 Å². The summed E-state index contributed by atoms with van der Waals surface area (Å²) in [6.07, 6.45) is 1.71. The fourth-order valence-corrected chi connectivity index (χ4v) is 1.89. The zero-order valence-corrected chi connectivity index (χ0v) is 11.3. The first kappa shape index (κ1) is 13.5. The van der Waals surface area contributed by atoms with Crippen LogP contribution >= 0.6 is 0 Å². The van der Waals surface area contributed by atoms with Gasteiger partial charge in [0, 0.05) is 31.9 Å². The lowest BCUT2D eigenvalue weighted by molar-refractivity contribution is -0.120. The molecule has 2 amide bonds. The Balaban J connectivity index is 2.03. The van der Waals surface area contributed by atoms with Crippen molar-refractivity contribution in [1.29, 1.82) is 0 Å². The number of rotatable bonds is 4. The van der Waals surface area contributed by atoms with E-state index in [-0.39, 0.29) is 17.2 Å². The number of anilines is 1. The second-order valence-electron chi connectivity index (χ2n) is 5.22. The Kier molecular flexibility index (Phi) is 3.57. The van der Waals surface area contributed by atoms with Crippen LogP contribution in [0.4, 0.5) is 5.69 Å². The number of nitrogens with two attached hydrogens (primary N) is 1. The molecule has 1 fully saturated rings. The molecule has 1 saturated carbocycles. The fraction of sp³-hybridized carbons (Fsp3) is 0.429. The molecule has 0 heterocycles. The molecule has 5 heteroatoms. The maximum Gasteiger partial charge on any atom is 0.253 e. The van der Waals surface area contributed by atoms with Crippen LogP contribution in [0, 0.1) is 5.41 Å². The summed E-state index contributed by atoms with van der Waals surface area (Å²) in [7, 11) is 3.41. The van der Waals surface area contributed by atoms with Crippen molar-refractivity contribution in [2.24, 2.45) is 11.1 Å². The molecule has 5 nitrogen and oxygen atoms in total. The first-order valence-electron chi connectivity index (χ1n) is 6.32. The van der Waals surface area contributed by atoms with Crippen LogP contribution in [-0.2, 0) is 4.79 Å². The van der Waals surface area contributed by atoms with Gasteiger partial charge in [0.2, 0.25) is 5.91 Å². The van der Waals surface area contributed by atoms with Gasteiger partial charge >= 0.3 is 0 Å². The Morgan fingerprint density at radius 2 is 1.84 bits per heavy atom. The van der Waals surface area contributed by atoms with Crippen LogP contribution < -0.4 is 11.1 Å². The molecule has 0 unspecified atom stereocenters. The van der Waals surface area contributed by atoms with Gasteiger partial charge in [0.15, 0.2) is 0 Å². The van der Waals surface area contributed by atoms with Gasteiger partial charge in [-0.15, -0.1) is 0 Å². The highest BCUT2D eigenvalue weighted by Gasteiger charge is 2.48. The van der Waals surface area contributed by atoms with E-state index in [9.17, 15) is 9.59 Å². The quantitative estimate of drug-likeness (QED) is 0.851. The third-order valence-electron chi connectivity index (χ3n) is 3.52. The predicted molar refractivity (Wildman–Crippen MR) is 73.8 cm³/mol. The Hall–Kier alpha value is -1.88. The first-order valence-corrected chi connectivity index (χ1v) is 6.32. The van der Waals surface area contributed by atoms with E-state index in [2.05, 4.69) is 5.32 Å². The van der Waals surface area contributed by atoms with E-state index in [1.807, 2.05) is 0 Å².